The molecule has 2 aromatic carbocycles. The van der Waals surface area contributed by atoms with Crippen LogP contribution in [0, 0.1) is 18.6 Å². The Hall–Kier alpha value is -1.43. The summed E-state index contributed by atoms with van der Waals surface area (Å²) in [5.74, 6) is 5.45. The molecule has 0 aliphatic carbocycles. The van der Waals surface area contributed by atoms with Crippen molar-refractivity contribution < 1.29 is 8.78 Å². The first-order valence-corrected chi connectivity index (χ1v) is 7.19. The first kappa shape index (κ1) is 15.0. The van der Waals surface area contributed by atoms with Crippen LogP contribution in [0.5, 0.6) is 0 Å². The molecule has 0 saturated heterocycles. The van der Waals surface area contributed by atoms with Crippen molar-refractivity contribution >= 4 is 11.8 Å². The van der Waals surface area contributed by atoms with E-state index in [0.717, 1.165) is 10.5 Å². The molecule has 1 atom stereocenters. The average molecular weight is 294 g/mol. The Morgan fingerprint density at radius 1 is 1.20 bits per heavy atom. The first-order valence-electron chi connectivity index (χ1n) is 6.20. The summed E-state index contributed by atoms with van der Waals surface area (Å²) in [6, 6.07) is 10.9. The molecular weight excluding hydrogens is 278 g/mol. The molecule has 2 rings (SSSR count). The molecule has 106 valence electrons. The van der Waals surface area contributed by atoms with Gasteiger partial charge in [-0.3, -0.25) is 11.3 Å². The molecule has 5 heteroatoms. The van der Waals surface area contributed by atoms with Crippen LogP contribution in [0.2, 0.25) is 0 Å². The third kappa shape index (κ3) is 3.79. The number of hydrogen-bond acceptors (Lipinski definition) is 3. The molecule has 0 aliphatic heterocycles. The topological polar surface area (TPSA) is 38.0 Å². The van der Waals surface area contributed by atoms with E-state index in [9.17, 15) is 8.78 Å². The minimum atomic E-state index is -0.330. The van der Waals surface area contributed by atoms with Gasteiger partial charge in [0.1, 0.15) is 11.6 Å². The normalized spacial score (nSPS) is 12.4. The van der Waals surface area contributed by atoms with Crippen molar-refractivity contribution in [3.63, 3.8) is 0 Å². The molecule has 2 nitrogen and oxygen atoms in total. The molecule has 20 heavy (non-hydrogen) atoms. The first-order chi connectivity index (χ1) is 9.60. The predicted molar refractivity (Wildman–Crippen MR) is 78.3 cm³/mol. The zero-order chi connectivity index (χ0) is 14.5. The maximum atomic E-state index is 13.8. The van der Waals surface area contributed by atoms with Gasteiger partial charge in [-0.2, -0.15) is 0 Å². The maximum Gasteiger partial charge on any atom is 0.128 e. The van der Waals surface area contributed by atoms with Gasteiger partial charge >= 0.3 is 0 Å². The average Bonchev–Trinajstić information content (AvgIpc) is 2.43. The van der Waals surface area contributed by atoms with E-state index in [2.05, 4.69) is 5.43 Å². The molecule has 0 spiro atoms. The molecule has 0 amide bonds. The maximum absolute atomic E-state index is 13.8. The van der Waals surface area contributed by atoms with E-state index in [0.29, 0.717) is 11.3 Å². The number of nitrogens with one attached hydrogen (secondary N) is 1. The number of halogens is 2. The van der Waals surface area contributed by atoms with Crippen LogP contribution in [0.15, 0.2) is 47.4 Å². The highest BCUT2D eigenvalue weighted by Crippen LogP contribution is 2.26. The second-order valence-electron chi connectivity index (χ2n) is 4.51. The number of hydrazine groups is 1. The predicted octanol–water partition coefficient (Wildman–Crippen LogP) is 3.57. The molecule has 0 aliphatic rings. The molecule has 0 saturated carbocycles. The van der Waals surface area contributed by atoms with E-state index in [1.54, 1.807) is 18.2 Å². The Kier molecular flexibility index (Phi) is 5.11. The van der Waals surface area contributed by atoms with Crippen LogP contribution < -0.4 is 11.3 Å². The Balaban J connectivity index is 2.11. The highest BCUT2D eigenvalue weighted by Gasteiger charge is 2.15. The summed E-state index contributed by atoms with van der Waals surface area (Å²) < 4.78 is 26.9. The van der Waals surface area contributed by atoms with Crippen molar-refractivity contribution in [2.75, 3.05) is 5.75 Å². The fraction of sp³-hybridized carbons (Fsp3) is 0.200. The number of nitrogens with two attached hydrogens (primary N) is 1. The lowest BCUT2D eigenvalue weighted by Gasteiger charge is -2.17. The highest BCUT2D eigenvalue weighted by molar-refractivity contribution is 7.99. The van der Waals surface area contributed by atoms with Gasteiger partial charge < -0.3 is 0 Å². The summed E-state index contributed by atoms with van der Waals surface area (Å²) in [5.41, 5.74) is 4.11. The van der Waals surface area contributed by atoms with Crippen LogP contribution in [0.3, 0.4) is 0 Å². The molecule has 0 radical (unpaired) electrons. The van der Waals surface area contributed by atoms with Crippen molar-refractivity contribution in [1.29, 1.82) is 0 Å². The summed E-state index contributed by atoms with van der Waals surface area (Å²) in [7, 11) is 0. The smallest absolute Gasteiger partial charge is 0.128 e. The van der Waals surface area contributed by atoms with Gasteiger partial charge in [0, 0.05) is 16.2 Å². The minimum absolute atomic E-state index is 0.283. The monoisotopic (exact) mass is 294 g/mol. The van der Waals surface area contributed by atoms with E-state index in [1.807, 2.05) is 13.0 Å². The second kappa shape index (κ2) is 6.83. The summed E-state index contributed by atoms with van der Waals surface area (Å²) >= 11 is 1.43. The van der Waals surface area contributed by atoms with Crippen molar-refractivity contribution in [3.8, 4) is 0 Å². The fourth-order valence-electron chi connectivity index (χ4n) is 1.89. The van der Waals surface area contributed by atoms with E-state index < -0.39 is 0 Å². The molecule has 0 aromatic heterocycles. The molecule has 0 fully saturated rings. The number of rotatable bonds is 5. The zero-order valence-electron chi connectivity index (χ0n) is 11.1. The Morgan fingerprint density at radius 2 is 2.00 bits per heavy atom. The molecule has 0 heterocycles. The summed E-state index contributed by atoms with van der Waals surface area (Å²) in [6.07, 6.45) is 0. The van der Waals surface area contributed by atoms with Crippen LogP contribution in [-0.4, -0.2) is 5.75 Å². The van der Waals surface area contributed by atoms with E-state index in [-0.39, 0.29) is 17.7 Å². The molecule has 2 aromatic rings. The molecular formula is C15H16F2N2S. The highest BCUT2D eigenvalue weighted by atomic mass is 32.2. The Morgan fingerprint density at radius 3 is 2.70 bits per heavy atom. The summed E-state index contributed by atoms with van der Waals surface area (Å²) in [5, 5.41) is 0. The van der Waals surface area contributed by atoms with Crippen molar-refractivity contribution in [2.45, 2.75) is 17.9 Å². The minimum Gasteiger partial charge on any atom is -0.271 e. The van der Waals surface area contributed by atoms with Gasteiger partial charge in [0.25, 0.3) is 0 Å². The van der Waals surface area contributed by atoms with E-state index in [4.69, 9.17) is 5.84 Å². The quantitative estimate of drug-likeness (QED) is 0.503. The van der Waals surface area contributed by atoms with Gasteiger partial charge in [-0.1, -0.05) is 23.8 Å². The zero-order valence-corrected chi connectivity index (χ0v) is 11.9. The van der Waals surface area contributed by atoms with Crippen molar-refractivity contribution in [1.82, 2.24) is 5.43 Å². The van der Waals surface area contributed by atoms with Crippen molar-refractivity contribution in [2.24, 2.45) is 5.84 Å². The molecule has 1 unspecified atom stereocenters. The van der Waals surface area contributed by atoms with Gasteiger partial charge in [-0.15, -0.1) is 11.8 Å². The number of hydrogen-bond donors (Lipinski definition) is 2. The third-order valence-electron chi connectivity index (χ3n) is 2.94. The van der Waals surface area contributed by atoms with Crippen LogP contribution in [0.25, 0.3) is 0 Å². The molecule has 3 N–H and O–H groups in total. The second-order valence-corrected chi connectivity index (χ2v) is 5.61. The SMILES string of the molecule is Cc1ccc(F)c(C(CSc2cccc(F)c2)NN)c1. The fourth-order valence-corrected chi connectivity index (χ4v) is 2.90. The van der Waals surface area contributed by atoms with Crippen LogP contribution in [0.4, 0.5) is 8.78 Å². The van der Waals surface area contributed by atoms with Gasteiger partial charge in [0.05, 0.1) is 6.04 Å². The standard InChI is InChI=1S/C15H16F2N2S/c1-10-5-6-14(17)13(7-10)15(19-18)9-20-12-4-2-3-11(16)8-12/h2-8,15,19H,9,18H2,1H3. The number of aryl methyl sites for hydroxylation is 1. The van der Waals surface area contributed by atoms with Gasteiger partial charge in [0.2, 0.25) is 0 Å². The largest absolute Gasteiger partial charge is 0.271 e. The van der Waals surface area contributed by atoms with Crippen LogP contribution in [0.1, 0.15) is 17.2 Å². The van der Waals surface area contributed by atoms with Crippen LogP contribution >= 0.6 is 11.8 Å². The summed E-state index contributed by atoms with van der Waals surface area (Å²) in [4.78, 5) is 0.790. The molecule has 0 bridgehead atoms. The van der Waals surface area contributed by atoms with E-state index in [1.165, 1.54) is 30.0 Å². The van der Waals surface area contributed by atoms with Gasteiger partial charge in [-0.25, -0.2) is 8.78 Å². The van der Waals surface area contributed by atoms with Crippen molar-refractivity contribution in [3.05, 3.63) is 65.2 Å². The lowest BCUT2D eigenvalue weighted by Crippen LogP contribution is -2.30. The van der Waals surface area contributed by atoms with Crippen LogP contribution in [-0.2, 0) is 0 Å². The lowest BCUT2D eigenvalue weighted by molar-refractivity contribution is 0.546. The van der Waals surface area contributed by atoms with Gasteiger partial charge in [-0.05, 0) is 31.2 Å². The van der Waals surface area contributed by atoms with E-state index >= 15 is 0 Å². The Bertz CT molecular complexity index is 590. The summed E-state index contributed by atoms with van der Waals surface area (Å²) in [6.45, 7) is 1.90. The lowest BCUT2D eigenvalue weighted by atomic mass is 10.1. The Labute approximate surface area is 121 Å². The number of thioether (sulfide) groups is 1. The third-order valence-corrected chi connectivity index (χ3v) is 4.03. The number of benzene rings is 2. The van der Waals surface area contributed by atoms with Gasteiger partial charge in [0.15, 0.2) is 0 Å².